The summed E-state index contributed by atoms with van der Waals surface area (Å²) in [6, 6.07) is 8.21. The Morgan fingerprint density at radius 1 is 1.15 bits per heavy atom. The Morgan fingerprint density at radius 3 is 2.50 bits per heavy atom. The van der Waals surface area contributed by atoms with Crippen LogP contribution in [0, 0.1) is 21.7 Å². The monoisotopic (exact) mass is 277 g/mol. The summed E-state index contributed by atoms with van der Waals surface area (Å²) in [6.07, 6.45) is -0.364. The normalized spacial score (nSPS) is 10.3. The van der Waals surface area contributed by atoms with Gasteiger partial charge in [0.2, 0.25) is 0 Å². The van der Waals surface area contributed by atoms with Crippen molar-refractivity contribution in [2.45, 2.75) is 6.42 Å². The molecular formula is C14H9F2NO3. The van der Waals surface area contributed by atoms with E-state index < -0.39 is 28.0 Å². The highest BCUT2D eigenvalue weighted by molar-refractivity contribution is 6.01. The molecule has 0 unspecified atom stereocenters. The Kier molecular flexibility index (Phi) is 3.84. The average molecular weight is 277 g/mol. The fraction of sp³-hybridized carbons (Fsp3) is 0.0714. The van der Waals surface area contributed by atoms with Crippen LogP contribution in [0.5, 0.6) is 0 Å². The molecule has 0 aromatic heterocycles. The van der Waals surface area contributed by atoms with Gasteiger partial charge >= 0.3 is 0 Å². The van der Waals surface area contributed by atoms with E-state index in [4.69, 9.17) is 0 Å². The number of rotatable bonds is 4. The highest BCUT2D eigenvalue weighted by Crippen LogP contribution is 2.22. The fourth-order valence-corrected chi connectivity index (χ4v) is 1.80. The summed E-state index contributed by atoms with van der Waals surface area (Å²) in [5.74, 6) is -2.05. The van der Waals surface area contributed by atoms with Crippen LogP contribution < -0.4 is 0 Å². The molecule has 2 aromatic rings. The van der Waals surface area contributed by atoms with Crippen molar-refractivity contribution in [3.63, 3.8) is 0 Å². The van der Waals surface area contributed by atoms with Crippen LogP contribution in [0.2, 0.25) is 0 Å². The Morgan fingerprint density at radius 2 is 1.85 bits per heavy atom. The van der Waals surface area contributed by atoms with Crippen molar-refractivity contribution < 1.29 is 18.5 Å². The average Bonchev–Trinajstić information content (AvgIpc) is 2.40. The molecule has 20 heavy (non-hydrogen) atoms. The first-order valence-electron chi connectivity index (χ1n) is 5.69. The molecule has 0 saturated carbocycles. The predicted octanol–water partition coefficient (Wildman–Crippen LogP) is 3.30. The minimum atomic E-state index is -0.770. The van der Waals surface area contributed by atoms with Gasteiger partial charge in [-0.25, -0.2) is 8.78 Å². The summed E-state index contributed by atoms with van der Waals surface area (Å²) in [4.78, 5) is 22.0. The second kappa shape index (κ2) is 5.56. The maximum absolute atomic E-state index is 13.4. The number of hydrogen-bond donors (Lipinski definition) is 0. The van der Waals surface area contributed by atoms with E-state index in [1.54, 1.807) is 6.07 Å². The lowest BCUT2D eigenvalue weighted by Gasteiger charge is -2.04. The second-order valence-electron chi connectivity index (χ2n) is 4.11. The third kappa shape index (κ3) is 2.85. The smallest absolute Gasteiger partial charge is 0.280 e. The molecule has 0 aliphatic carbocycles. The van der Waals surface area contributed by atoms with Gasteiger partial charge in [-0.3, -0.25) is 14.9 Å². The van der Waals surface area contributed by atoms with E-state index in [0.717, 1.165) is 18.2 Å². The van der Waals surface area contributed by atoms with Gasteiger partial charge in [0.1, 0.15) is 11.6 Å². The van der Waals surface area contributed by atoms with E-state index in [9.17, 15) is 23.7 Å². The maximum atomic E-state index is 13.4. The Balaban J connectivity index is 2.37. The molecule has 0 radical (unpaired) electrons. The van der Waals surface area contributed by atoms with Gasteiger partial charge in [0.15, 0.2) is 5.78 Å². The molecule has 0 bridgehead atoms. The van der Waals surface area contributed by atoms with E-state index in [-0.39, 0.29) is 17.5 Å². The highest BCUT2D eigenvalue weighted by Gasteiger charge is 2.21. The molecule has 0 N–H and O–H groups in total. The van der Waals surface area contributed by atoms with Crippen molar-refractivity contribution in [2.24, 2.45) is 0 Å². The Bertz CT molecular complexity index is 686. The summed E-state index contributed by atoms with van der Waals surface area (Å²) in [5.41, 5.74) is -0.748. The lowest BCUT2D eigenvalue weighted by Crippen LogP contribution is -2.08. The van der Waals surface area contributed by atoms with Crippen LogP contribution in [0.15, 0.2) is 42.5 Å². The van der Waals surface area contributed by atoms with Crippen molar-refractivity contribution in [1.29, 1.82) is 0 Å². The van der Waals surface area contributed by atoms with Gasteiger partial charge in [-0.2, -0.15) is 0 Å². The number of nitro groups is 1. The first-order chi connectivity index (χ1) is 9.49. The van der Waals surface area contributed by atoms with Crippen LogP contribution in [-0.2, 0) is 6.42 Å². The fourth-order valence-electron chi connectivity index (χ4n) is 1.80. The number of nitro benzene ring substituents is 1. The second-order valence-corrected chi connectivity index (χ2v) is 4.11. The van der Waals surface area contributed by atoms with Crippen molar-refractivity contribution >= 4 is 11.5 Å². The third-order valence-electron chi connectivity index (χ3n) is 2.76. The molecule has 0 heterocycles. The van der Waals surface area contributed by atoms with E-state index >= 15 is 0 Å². The SMILES string of the molecule is O=C(Cc1ccccc1F)c1cc(F)ccc1[N+](=O)[O-]. The largest absolute Gasteiger partial charge is 0.294 e. The first kappa shape index (κ1) is 13.8. The molecule has 102 valence electrons. The summed E-state index contributed by atoms with van der Waals surface area (Å²) in [6.45, 7) is 0. The van der Waals surface area contributed by atoms with Gasteiger partial charge in [-0.1, -0.05) is 18.2 Å². The molecule has 6 heteroatoms. The van der Waals surface area contributed by atoms with Crippen LogP contribution in [0.3, 0.4) is 0 Å². The quantitative estimate of drug-likeness (QED) is 0.489. The molecule has 0 aliphatic rings. The molecule has 0 saturated heterocycles. The topological polar surface area (TPSA) is 60.2 Å². The third-order valence-corrected chi connectivity index (χ3v) is 2.76. The Labute approximate surface area is 112 Å². The van der Waals surface area contributed by atoms with Gasteiger partial charge in [0.05, 0.1) is 10.5 Å². The van der Waals surface area contributed by atoms with Crippen LogP contribution in [0.1, 0.15) is 15.9 Å². The number of Topliss-reactive ketones (excluding diaryl/α,β-unsaturated/α-hetero) is 1. The number of halogens is 2. The number of carbonyl (C=O) groups excluding carboxylic acids is 1. The predicted molar refractivity (Wildman–Crippen MR) is 67.5 cm³/mol. The zero-order valence-corrected chi connectivity index (χ0v) is 10.2. The van der Waals surface area contributed by atoms with Crippen LogP contribution in [0.4, 0.5) is 14.5 Å². The van der Waals surface area contributed by atoms with Gasteiger partial charge in [0, 0.05) is 12.5 Å². The zero-order valence-electron chi connectivity index (χ0n) is 10.2. The van der Waals surface area contributed by atoms with Crippen molar-refractivity contribution in [3.05, 3.63) is 75.3 Å². The van der Waals surface area contributed by atoms with E-state index in [2.05, 4.69) is 0 Å². The van der Waals surface area contributed by atoms with Gasteiger partial charge in [0.25, 0.3) is 5.69 Å². The van der Waals surface area contributed by atoms with Crippen molar-refractivity contribution in [1.82, 2.24) is 0 Å². The number of hydrogen-bond acceptors (Lipinski definition) is 3. The molecule has 0 aliphatic heterocycles. The minimum absolute atomic E-state index is 0.107. The Hall–Kier alpha value is -2.63. The minimum Gasteiger partial charge on any atom is -0.294 e. The van der Waals surface area contributed by atoms with Crippen LogP contribution >= 0.6 is 0 Å². The molecule has 2 rings (SSSR count). The molecule has 0 fully saturated rings. The molecule has 4 nitrogen and oxygen atoms in total. The van der Waals surface area contributed by atoms with Crippen LogP contribution in [-0.4, -0.2) is 10.7 Å². The van der Waals surface area contributed by atoms with E-state index in [0.29, 0.717) is 0 Å². The number of carbonyl (C=O) groups is 1. The zero-order chi connectivity index (χ0) is 14.7. The first-order valence-corrected chi connectivity index (χ1v) is 5.69. The molecule has 0 amide bonds. The summed E-state index contributed by atoms with van der Waals surface area (Å²) in [7, 11) is 0. The number of ketones is 1. The van der Waals surface area contributed by atoms with Crippen molar-refractivity contribution in [3.8, 4) is 0 Å². The number of benzene rings is 2. The number of nitrogens with zero attached hydrogens (tertiary/aromatic N) is 1. The van der Waals surface area contributed by atoms with E-state index in [1.807, 2.05) is 0 Å². The molecule has 0 atom stereocenters. The summed E-state index contributed by atoms with van der Waals surface area (Å²) >= 11 is 0. The van der Waals surface area contributed by atoms with E-state index in [1.165, 1.54) is 18.2 Å². The van der Waals surface area contributed by atoms with Gasteiger partial charge in [-0.05, 0) is 23.8 Å². The molecule has 0 spiro atoms. The molecular weight excluding hydrogens is 268 g/mol. The van der Waals surface area contributed by atoms with Gasteiger partial charge in [-0.15, -0.1) is 0 Å². The standard InChI is InChI=1S/C14H9F2NO3/c15-10-5-6-13(17(19)20)11(8-10)14(18)7-9-3-1-2-4-12(9)16/h1-6,8H,7H2. The van der Waals surface area contributed by atoms with Gasteiger partial charge < -0.3 is 0 Å². The summed E-state index contributed by atoms with van der Waals surface area (Å²) < 4.78 is 26.6. The maximum Gasteiger partial charge on any atom is 0.280 e. The lowest BCUT2D eigenvalue weighted by atomic mass is 10.0. The molecule has 2 aromatic carbocycles. The van der Waals surface area contributed by atoms with Crippen molar-refractivity contribution in [2.75, 3.05) is 0 Å². The lowest BCUT2D eigenvalue weighted by molar-refractivity contribution is -0.385. The summed E-state index contributed by atoms with van der Waals surface area (Å²) in [5, 5.41) is 10.8. The highest BCUT2D eigenvalue weighted by atomic mass is 19.1. The van der Waals surface area contributed by atoms with Crippen LogP contribution in [0.25, 0.3) is 0 Å².